The third kappa shape index (κ3) is 5.48. The summed E-state index contributed by atoms with van der Waals surface area (Å²) in [5.41, 5.74) is 2.79. The summed E-state index contributed by atoms with van der Waals surface area (Å²) in [5, 5.41) is 3.42. The van der Waals surface area contributed by atoms with E-state index in [1.807, 2.05) is 18.7 Å². The fourth-order valence-electron chi connectivity index (χ4n) is 6.19. The number of hydrogen-bond acceptors (Lipinski definition) is 8. The van der Waals surface area contributed by atoms with Gasteiger partial charge in [-0.2, -0.15) is 9.97 Å². The number of anilines is 2. The first kappa shape index (κ1) is 31.4. The summed E-state index contributed by atoms with van der Waals surface area (Å²) in [7, 11) is 3.38. The van der Waals surface area contributed by atoms with Crippen LogP contribution in [0.4, 0.5) is 33.6 Å². The Morgan fingerprint density at radius 2 is 1.78 bits per heavy atom. The van der Waals surface area contributed by atoms with Crippen LogP contribution in [-0.2, 0) is 0 Å². The van der Waals surface area contributed by atoms with E-state index in [1.54, 1.807) is 19.0 Å². The normalized spacial score (nSPS) is 22.9. The fraction of sp³-hybridized carbons (Fsp3) is 0.452. The van der Waals surface area contributed by atoms with Crippen LogP contribution in [0.25, 0.3) is 32.9 Å². The van der Waals surface area contributed by atoms with E-state index in [0.717, 1.165) is 6.42 Å². The van der Waals surface area contributed by atoms with Crippen molar-refractivity contribution in [1.29, 1.82) is 0 Å². The maximum absolute atomic E-state index is 16.7. The van der Waals surface area contributed by atoms with Crippen LogP contribution in [0.2, 0.25) is 5.02 Å². The number of piperazine rings is 1. The molecule has 3 N–H and O–H groups in total. The van der Waals surface area contributed by atoms with Gasteiger partial charge in [-0.3, -0.25) is 0 Å². The topological polar surface area (TPSA) is 92.4 Å². The lowest BCUT2D eigenvalue weighted by Gasteiger charge is -2.42. The second-order valence-corrected chi connectivity index (χ2v) is 13.0. The van der Waals surface area contributed by atoms with Crippen molar-refractivity contribution in [2.45, 2.75) is 38.2 Å². The Hall–Kier alpha value is -3.55. The number of ether oxygens (including phenoxy) is 1. The van der Waals surface area contributed by atoms with Crippen LogP contribution in [0.15, 0.2) is 24.3 Å². The Bertz CT molecular complexity index is 1830. The number of nitrogens with two attached hydrogens (primary N) is 1. The molecule has 2 aromatic carbocycles. The van der Waals surface area contributed by atoms with E-state index in [1.165, 1.54) is 18.2 Å². The van der Waals surface area contributed by atoms with E-state index in [-0.39, 0.29) is 57.2 Å². The van der Waals surface area contributed by atoms with E-state index in [9.17, 15) is 13.2 Å². The van der Waals surface area contributed by atoms with Gasteiger partial charge in [-0.05, 0) is 45.6 Å². The summed E-state index contributed by atoms with van der Waals surface area (Å²) in [6.45, 7) is 5.32. The molecule has 45 heavy (non-hydrogen) atoms. The van der Waals surface area contributed by atoms with Crippen LogP contribution in [0.1, 0.15) is 26.7 Å². The molecule has 6 rings (SSSR count). The third-order valence-electron chi connectivity index (χ3n) is 8.86. The number of rotatable bonds is 8. The first-order valence-corrected chi connectivity index (χ1v) is 14.9. The molecule has 0 bridgehead atoms. The second kappa shape index (κ2) is 11.1. The lowest BCUT2D eigenvalue weighted by Crippen LogP contribution is -2.58. The molecule has 2 aliphatic rings. The SMILES string of the molecule is CCC1(C)CN(c2nc(OC[C@]3(CN(C)C)CC3(F)F)nc3c(F)c(-c4c(F)cc(F)c5ccc(N)nc45)c(Cl)cc23)CCN1. The summed E-state index contributed by atoms with van der Waals surface area (Å²) in [5.74, 6) is -5.73. The third-order valence-corrected chi connectivity index (χ3v) is 9.15. The van der Waals surface area contributed by atoms with Crippen LogP contribution < -0.4 is 20.7 Å². The van der Waals surface area contributed by atoms with E-state index in [4.69, 9.17) is 22.1 Å². The zero-order chi connectivity index (χ0) is 32.5. The first-order chi connectivity index (χ1) is 21.2. The van der Waals surface area contributed by atoms with Gasteiger partial charge >= 0.3 is 6.01 Å². The van der Waals surface area contributed by atoms with Crippen LogP contribution >= 0.6 is 11.6 Å². The molecule has 0 spiro atoms. The van der Waals surface area contributed by atoms with Crippen LogP contribution in [0, 0.1) is 22.9 Å². The van der Waals surface area contributed by atoms with Gasteiger partial charge in [0.05, 0.1) is 16.0 Å². The minimum atomic E-state index is -2.94. The van der Waals surface area contributed by atoms with Crippen molar-refractivity contribution in [3.05, 3.63) is 46.7 Å². The molecular formula is C31H33ClF5N7O. The number of pyridine rings is 1. The van der Waals surface area contributed by atoms with Gasteiger partial charge in [0.15, 0.2) is 5.82 Å². The highest BCUT2D eigenvalue weighted by atomic mass is 35.5. The monoisotopic (exact) mass is 649 g/mol. The minimum Gasteiger partial charge on any atom is -0.463 e. The summed E-state index contributed by atoms with van der Waals surface area (Å²) in [6, 6.07) is 4.40. The van der Waals surface area contributed by atoms with Crippen molar-refractivity contribution in [3.63, 3.8) is 0 Å². The molecule has 8 nitrogen and oxygen atoms in total. The highest BCUT2D eigenvalue weighted by Gasteiger charge is 2.71. The number of alkyl halides is 2. The molecule has 240 valence electrons. The molecule has 1 aliphatic carbocycles. The zero-order valence-corrected chi connectivity index (χ0v) is 26.0. The smallest absolute Gasteiger partial charge is 0.319 e. The maximum atomic E-state index is 16.7. The Morgan fingerprint density at radius 1 is 1.04 bits per heavy atom. The standard InChI is InChI=1S/C31H33ClF5N7O/c1-5-29(2)13-44(9-8-39-29)27-17-10-18(32)22(23-20(34)11-19(33)16-6-7-21(38)40-25(16)23)24(35)26(17)41-28(42-27)45-15-30(14-43(3)4)12-31(30,36)37/h6-7,10-11,39H,5,8-9,12-15H2,1-4H3,(H2,38,40)/t29?,30-/m1/s1. The van der Waals surface area contributed by atoms with Crippen molar-refractivity contribution >= 4 is 45.0 Å². The number of nitrogen functional groups attached to an aromatic ring is 1. The van der Waals surface area contributed by atoms with Gasteiger partial charge in [-0.1, -0.05) is 18.5 Å². The zero-order valence-electron chi connectivity index (χ0n) is 25.2. The van der Waals surface area contributed by atoms with Crippen molar-refractivity contribution < 1.29 is 26.7 Å². The minimum absolute atomic E-state index is 0.0346. The first-order valence-electron chi connectivity index (χ1n) is 14.6. The Labute approximate surface area is 261 Å². The number of nitrogens with zero attached hydrogens (tertiary/aromatic N) is 5. The summed E-state index contributed by atoms with van der Waals surface area (Å²) in [6.07, 6.45) is 0.413. The Kier molecular flexibility index (Phi) is 7.72. The van der Waals surface area contributed by atoms with E-state index < -0.39 is 46.5 Å². The predicted octanol–water partition coefficient (Wildman–Crippen LogP) is 6.04. The summed E-state index contributed by atoms with van der Waals surface area (Å²) < 4.78 is 81.8. The fourth-order valence-corrected chi connectivity index (χ4v) is 6.48. The highest BCUT2D eigenvalue weighted by molar-refractivity contribution is 6.35. The van der Waals surface area contributed by atoms with E-state index >= 15 is 8.78 Å². The van der Waals surface area contributed by atoms with Gasteiger partial charge in [0, 0.05) is 66.1 Å². The van der Waals surface area contributed by atoms with Crippen molar-refractivity contribution in [1.82, 2.24) is 25.2 Å². The quantitative estimate of drug-likeness (QED) is 0.223. The van der Waals surface area contributed by atoms with Crippen LogP contribution in [0.3, 0.4) is 0 Å². The number of halogens is 6. The van der Waals surface area contributed by atoms with E-state index in [0.29, 0.717) is 31.5 Å². The lowest BCUT2D eigenvalue weighted by molar-refractivity contribution is 0.0288. The van der Waals surface area contributed by atoms with Crippen molar-refractivity contribution in [3.8, 4) is 17.1 Å². The van der Waals surface area contributed by atoms with Crippen molar-refractivity contribution in [2.75, 3.05) is 57.5 Å². The summed E-state index contributed by atoms with van der Waals surface area (Å²) >= 11 is 6.67. The van der Waals surface area contributed by atoms with Crippen LogP contribution in [0.5, 0.6) is 6.01 Å². The van der Waals surface area contributed by atoms with Crippen molar-refractivity contribution in [2.24, 2.45) is 5.41 Å². The van der Waals surface area contributed by atoms with Gasteiger partial charge < -0.3 is 25.6 Å². The number of nitrogens with one attached hydrogen (secondary N) is 1. The molecule has 1 unspecified atom stereocenters. The van der Waals surface area contributed by atoms with Gasteiger partial charge in [0.25, 0.3) is 5.92 Å². The highest BCUT2D eigenvalue weighted by Crippen LogP contribution is 2.60. The number of hydrogen-bond donors (Lipinski definition) is 2. The lowest BCUT2D eigenvalue weighted by atomic mass is 9.95. The number of benzene rings is 2. The van der Waals surface area contributed by atoms with Crippen LogP contribution in [-0.4, -0.2) is 78.2 Å². The van der Waals surface area contributed by atoms with E-state index in [2.05, 4.69) is 20.3 Å². The molecule has 0 amide bonds. The molecule has 1 aliphatic heterocycles. The second-order valence-electron chi connectivity index (χ2n) is 12.6. The molecule has 0 radical (unpaired) electrons. The number of fused-ring (bicyclic) bond motifs is 2. The van der Waals surface area contributed by atoms with Gasteiger partial charge in [-0.15, -0.1) is 0 Å². The van der Waals surface area contributed by atoms with Gasteiger partial charge in [-0.25, -0.2) is 26.9 Å². The number of aromatic nitrogens is 3. The molecule has 1 saturated heterocycles. The predicted molar refractivity (Wildman–Crippen MR) is 165 cm³/mol. The summed E-state index contributed by atoms with van der Waals surface area (Å²) in [4.78, 5) is 16.6. The largest absolute Gasteiger partial charge is 0.463 e. The molecule has 2 atom stereocenters. The molecule has 14 heteroatoms. The molecule has 4 aromatic rings. The average molecular weight is 650 g/mol. The Morgan fingerprint density at radius 3 is 2.44 bits per heavy atom. The molecule has 3 heterocycles. The Balaban J connectivity index is 1.54. The molecule has 1 saturated carbocycles. The molecule has 2 fully saturated rings. The van der Waals surface area contributed by atoms with Gasteiger partial charge in [0.1, 0.15) is 35.4 Å². The maximum Gasteiger partial charge on any atom is 0.319 e. The average Bonchev–Trinajstić information content (AvgIpc) is 3.51. The molecular weight excluding hydrogens is 617 g/mol. The molecule has 2 aromatic heterocycles. The van der Waals surface area contributed by atoms with Gasteiger partial charge in [0.2, 0.25) is 0 Å².